The van der Waals surface area contributed by atoms with Crippen molar-refractivity contribution in [2.75, 3.05) is 13.1 Å². The number of ether oxygens (including phenoxy) is 3. The number of hydrogen-bond acceptors (Lipinski definition) is 5. The van der Waals surface area contributed by atoms with Gasteiger partial charge in [-0.25, -0.2) is 4.79 Å². The minimum absolute atomic E-state index is 0.169. The van der Waals surface area contributed by atoms with Crippen LogP contribution in [0.15, 0.2) is 24.3 Å². The Bertz CT molecular complexity index is 723. The molecule has 0 unspecified atom stereocenters. The van der Waals surface area contributed by atoms with Crippen LogP contribution in [0.5, 0.6) is 11.5 Å². The summed E-state index contributed by atoms with van der Waals surface area (Å²) in [7, 11) is 0. The van der Waals surface area contributed by atoms with Crippen LogP contribution in [0.3, 0.4) is 0 Å². The van der Waals surface area contributed by atoms with Crippen LogP contribution in [0.4, 0.5) is 18.0 Å². The van der Waals surface area contributed by atoms with E-state index < -0.39 is 24.1 Å². The number of benzene rings is 1. The summed E-state index contributed by atoms with van der Waals surface area (Å²) in [6.07, 6.45) is -4.44. The van der Waals surface area contributed by atoms with Crippen molar-refractivity contribution in [3.05, 3.63) is 24.3 Å². The van der Waals surface area contributed by atoms with E-state index in [9.17, 15) is 22.8 Å². The maximum absolute atomic E-state index is 12.5. The molecule has 1 aliphatic heterocycles. The van der Waals surface area contributed by atoms with Crippen molar-refractivity contribution >= 4 is 12.0 Å². The monoisotopic (exact) mass is 432 g/mol. The van der Waals surface area contributed by atoms with Crippen molar-refractivity contribution in [1.82, 2.24) is 10.2 Å². The number of amides is 2. The van der Waals surface area contributed by atoms with Crippen molar-refractivity contribution < 1.29 is 37.0 Å². The molecule has 7 nitrogen and oxygen atoms in total. The van der Waals surface area contributed by atoms with E-state index in [1.807, 2.05) is 0 Å². The molecule has 30 heavy (non-hydrogen) atoms. The zero-order chi connectivity index (χ0) is 22.5. The number of likely N-dealkylation sites (tertiary alicyclic amines) is 1. The van der Waals surface area contributed by atoms with Crippen molar-refractivity contribution in [3.63, 3.8) is 0 Å². The highest BCUT2D eigenvalue weighted by Gasteiger charge is 2.31. The molecule has 0 radical (unpaired) electrons. The molecule has 168 valence electrons. The number of alkyl carbamates (subject to hydrolysis) is 1. The number of carbonyl (C=O) groups is 2. The number of carbonyl (C=O) groups excluding carboxylic acids is 2. The maximum atomic E-state index is 12.5. The third-order valence-corrected chi connectivity index (χ3v) is 4.22. The fourth-order valence-electron chi connectivity index (χ4n) is 2.93. The Kier molecular flexibility index (Phi) is 7.44. The van der Waals surface area contributed by atoms with Gasteiger partial charge in [-0.05, 0) is 52.0 Å². The average Bonchev–Trinajstić information content (AvgIpc) is 2.60. The van der Waals surface area contributed by atoms with Crippen LogP contribution < -0.4 is 14.8 Å². The van der Waals surface area contributed by atoms with E-state index in [0.717, 1.165) is 0 Å². The first-order chi connectivity index (χ1) is 13.8. The Morgan fingerprint density at radius 3 is 2.10 bits per heavy atom. The molecule has 10 heteroatoms. The van der Waals surface area contributed by atoms with Gasteiger partial charge in [-0.2, -0.15) is 0 Å². The molecule has 1 N–H and O–H groups in total. The van der Waals surface area contributed by atoms with Gasteiger partial charge in [0.2, 0.25) is 5.91 Å². The van der Waals surface area contributed by atoms with E-state index in [1.54, 1.807) is 32.6 Å². The molecule has 0 aromatic heterocycles. The summed E-state index contributed by atoms with van der Waals surface area (Å²) in [6.45, 7) is 7.69. The summed E-state index contributed by atoms with van der Waals surface area (Å²) < 4.78 is 51.4. The average molecular weight is 432 g/mol. The van der Waals surface area contributed by atoms with Crippen LogP contribution in [0.25, 0.3) is 0 Å². The third kappa shape index (κ3) is 8.00. The predicted molar refractivity (Wildman–Crippen MR) is 102 cm³/mol. The van der Waals surface area contributed by atoms with Crippen molar-refractivity contribution in [2.45, 2.75) is 64.6 Å². The van der Waals surface area contributed by atoms with Gasteiger partial charge in [0.25, 0.3) is 0 Å². The van der Waals surface area contributed by atoms with Crippen LogP contribution in [0.1, 0.15) is 40.5 Å². The standard InChI is InChI=1S/C20H27F3N2O5/c1-13(24-18(27)30-19(2,3)4)17(26)25-11-9-15(10-12-25)28-14-5-7-16(8-6-14)29-20(21,22)23/h5-8,13,15H,9-12H2,1-4H3,(H,24,27)/t13-/m0/s1. The number of alkyl halides is 3. The fourth-order valence-corrected chi connectivity index (χ4v) is 2.93. The molecule has 1 aromatic rings. The number of hydrogen-bond donors (Lipinski definition) is 1. The molecule has 1 aromatic carbocycles. The van der Waals surface area contributed by atoms with Gasteiger partial charge < -0.3 is 24.4 Å². The number of halogens is 3. The first kappa shape index (κ1) is 23.6. The Morgan fingerprint density at radius 1 is 1.07 bits per heavy atom. The lowest BCUT2D eigenvalue weighted by Crippen LogP contribution is -2.51. The second-order valence-electron chi connectivity index (χ2n) is 8.03. The van der Waals surface area contributed by atoms with Gasteiger partial charge in [-0.1, -0.05) is 0 Å². The van der Waals surface area contributed by atoms with Crippen LogP contribution in [-0.2, 0) is 9.53 Å². The molecular formula is C20H27F3N2O5. The molecule has 2 rings (SSSR count). The Balaban J connectivity index is 1.79. The van der Waals surface area contributed by atoms with Gasteiger partial charge in [0.05, 0.1) is 0 Å². The highest BCUT2D eigenvalue weighted by Crippen LogP contribution is 2.26. The highest BCUT2D eigenvalue weighted by molar-refractivity contribution is 5.85. The normalized spacial score (nSPS) is 16.6. The molecule has 0 aliphatic carbocycles. The quantitative estimate of drug-likeness (QED) is 0.765. The largest absolute Gasteiger partial charge is 0.573 e. The van der Waals surface area contributed by atoms with Gasteiger partial charge in [0.15, 0.2) is 0 Å². The smallest absolute Gasteiger partial charge is 0.490 e. The summed E-state index contributed by atoms with van der Waals surface area (Å²) in [6, 6.07) is 4.46. The van der Waals surface area contributed by atoms with Gasteiger partial charge in [0, 0.05) is 25.9 Å². The molecule has 1 fully saturated rings. The molecule has 1 heterocycles. The number of nitrogens with zero attached hydrogens (tertiary/aromatic N) is 1. The van der Waals surface area contributed by atoms with E-state index in [0.29, 0.717) is 31.7 Å². The highest BCUT2D eigenvalue weighted by atomic mass is 19.4. The Labute approximate surface area is 173 Å². The summed E-state index contributed by atoms with van der Waals surface area (Å²) in [4.78, 5) is 26.0. The van der Waals surface area contributed by atoms with Crippen molar-refractivity contribution in [1.29, 1.82) is 0 Å². The molecule has 1 saturated heterocycles. The first-order valence-electron chi connectivity index (χ1n) is 9.63. The zero-order valence-electron chi connectivity index (χ0n) is 17.4. The maximum Gasteiger partial charge on any atom is 0.573 e. The van der Waals surface area contributed by atoms with E-state index in [-0.39, 0.29) is 17.8 Å². The third-order valence-electron chi connectivity index (χ3n) is 4.22. The van der Waals surface area contributed by atoms with Crippen LogP contribution in [-0.4, -0.2) is 54.1 Å². The van der Waals surface area contributed by atoms with E-state index in [2.05, 4.69) is 10.1 Å². The summed E-state index contributed by atoms with van der Waals surface area (Å²) >= 11 is 0. The molecule has 0 spiro atoms. The lowest BCUT2D eigenvalue weighted by atomic mass is 10.1. The SMILES string of the molecule is C[C@H](NC(=O)OC(C)(C)C)C(=O)N1CCC(Oc2ccc(OC(F)(F)F)cc2)CC1. The summed E-state index contributed by atoms with van der Waals surface area (Å²) in [5.74, 6) is -0.107. The van der Waals surface area contributed by atoms with E-state index in [4.69, 9.17) is 9.47 Å². The number of rotatable bonds is 5. The molecule has 0 saturated carbocycles. The van der Waals surface area contributed by atoms with E-state index >= 15 is 0 Å². The van der Waals surface area contributed by atoms with Crippen LogP contribution >= 0.6 is 0 Å². The van der Waals surface area contributed by atoms with E-state index in [1.165, 1.54) is 24.3 Å². The zero-order valence-corrected chi connectivity index (χ0v) is 17.4. The lowest BCUT2D eigenvalue weighted by Gasteiger charge is -2.34. The number of nitrogens with one attached hydrogen (secondary N) is 1. The molecular weight excluding hydrogens is 405 g/mol. The summed E-state index contributed by atoms with van der Waals surface area (Å²) in [5.41, 5.74) is -0.653. The van der Waals surface area contributed by atoms with Gasteiger partial charge in [-0.15, -0.1) is 13.2 Å². The first-order valence-corrected chi connectivity index (χ1v) is 9.63. The Hall–Kier alpha value is -2.65. The second-order valence-corrected chi connectivity index (χ2v) is 8.03. The van der Waals surface area contributed by atoms with Gasteiger partial charge in [0.1, 0.15) is 29.2 Å². The second kappa shape index (κ2) is 9.44. The lowest BCUT2D eigenvalue weighted by molar-refractivity contribution is -0.274. The topological polar surface area (TPSA) is 77.1 Å². The van der Waals surface area contributed by atoms with Crippen LogP contribution in [0, 0.1) is 0 Å². The van der Waals surface area contributed by atoms with Gasteiger partial charge >= 0.3 is 12.5 Å². The van der Waals surface area contributed by atoms with Gasteiger partial charge in [-0.3, -0.25) is 4.79 Å². The number of piperidine rings is 1. The molecule has 1 atom stereocenters. The molecule has 1 aliphatic rings. The van der Waals surface area contributed by atoms with Crippen LogP contribution in [0.2, 0.25) is 0 Å². The molecule has 2 amide bonds. The van der Waals surface area contributed by atoms with Crippen molar-refractivity contribution in [2.24, 2.45) is 0 Å². The Morgan fingerprint density at radius 2 is 1.60 bits per heavy atom. The molecule has 0 bridgehead atoms. The van der Waals surface area contributed by atoms with Crippen molar-refractivity contribution in [3.8, 4) is 11.5 Å². The minimum atomic E-state index is -4.74. The predicted octanol–water partition coefficient (Wildman–Crippen LogP) is 3.87. The fraction of sp³-hybridized carbons (Fsp3) is 0.600. The summed E-state index contributed by atoms with van der Waals surface area (Å²) in [5, 5.41) is 2.53. The minimum Gasteiger partial charge on any atom is -0.490 e.